The van der Waals surface area contributed by atoms with Crippen molar-refractivity contribution in [3.8, 4) is 5.75 Å². The summed E-state index contributed by atoms with van der Waals surface area (Å²) in [5, 5.41) is 9.29. The van der Waals surface area contributed by atoms with Gasteiger partial charge in [-0.05, 0) is 47.9 Å². The number of carboxylic acid groups (broad SMARTS) is 1. The molecule has 0 radical (unpaired) electrons. The smallest absolute Gasteiger partial charge is 0.410 e. The zero-order chi connectivity index (χ0) is 27.7. The van der Waals surface area contributed by atoms with E-state index in [9.17, 15) is 14.7 Å². The van der Waals surface area contributed by atoms with Crippen LogP contribution in [0.4, 0.5) is 4.79 Å². The standard InChI is InChI=1S/C31H37NO6S/c1-2-36-29(30(33)34)22-25-14-16-28(17-15-25)37-20-19-32(31(35)38-23-26-10-5-3-6-11-26)18-9-21-39-24-27-12-7-4-8-13-27/h3-8,10-17,29H,2,9,18-24H2,1H3,(H,33,34). The Morgan fingerprint density at radius 3 is 2.18 bits per heavy atom. The van der Waals surface area contributed by atoms with Crippen LogP contribution in [0.1, 0.15) is 30.0 Å². The largest absolute Gasteiger partial charge is 0.492 e. The van der Waals surface area contributed by atoms with Crippen molar-refractivity contribution in [3.63, 3.8) is 0 Å². The molecule has 0 bridgehead atoms. The molecule has 0 saturated carbocycles. The van der Waals surface area contributed by atoms with Crippen molar-refractivity contribution in [1.29, 1.82) is 0 Å². The van der Waals surface area contributed by atoms with Gasteiger partial charge in [0.05, 0.1) is 6.54 Å². The number of nitrogens with zero attached hydrogens (tertiary/aromatic N) is 1. The van der Waals surface area contributed by atoms with Crippen LogP contribution in [-0.4, -0.2) is 60.2 Å². The second-order valence-corrected chi connectivity index (χ2v) is 10.0. The number of carbonyl (C=O) groups excluding carboxylic acids is 1. The van der Waals surface area contributed by atoms with E-state index in [2.05, 4.69) is 12.1 Å². The number of thioether (sulfide) groups is 1. The summed E-state index contributed by atoms with van der Waals surface area (Å²) in [5.41, 5.74) is 3.08. The molecule has 3 aromatic carbocycles. The Morgan fingerprint density at radius 1 is 0.872 bits per heavy atom. The number of ether oxygens (including phenoxy) is 3. The predicted octanol–water partition coefficient (Wildman–Crippen LogP) is 6.06. The Bertz CT molecular complexity index is 1110. The van der Waals surface area contributed by atoms with Crippen LogP contribution in [0.25, 0.3) is 0 Å². The summed E-state index contributed by atoms with van der Waals surface area (Å²) in [6, 6.07) is 27.2. The van der Waals surface area contributed by atoms with Gasteiger partial charge in [0.1, 0.15) is 19.0 Å². The number of carboxylic acids is 1. The summed E-state index contributed by atoms with van der Waals surface area (Å²) in [6.07, 6.45) is -0.103. The van der Waals surface area contributed by atoms with E-state index < -0.39 is 12.1 Å². The first-order valence-electron chi connectivity index (χ1n) is 13.2. The molecule has 1 amide bonds. The highest BCUT2D eigenvalue weighted by atomic mass is 32.2. The Balaban J connectivity index is 1.48. The second kappa shape index (κ2) is 17.2. The second-order valence-electron chi connectivity index (χ2n) is 8.90. The van der Waals surface area contributed by atoms with Gasteiger partial charge < -0.3 is 24.2 Å². The van der Waals surface area contributed by atoms with Gasteiger partial charge in [-0.2, -0.15) is 11.8 Å². The summed E-state index contributed by atoms with van der Waals surface area (Å²) in [5.74, 6) is 1.54. The fourth-order valence-corrected chi connectivity index (χ4v) is 4.76. The van der Waals surface area contributed by atoms with Crippen molar-refractivity contribution in [2.45, 2.75) is 38.2 Å². The van der Waals surface area contributed by atoms with Crippen molar-refractivity contribution < 1.29 is 28.9 Å². The molecular formula is C31H37NO6S. The number of carbonyl (C=O) groups is 2. The molecule has 1 unspecified atom stereocenters. The topological polar surface area (TPSA) is 85.3 Å². The van der Waals surface area contributed by atoms with Gasteiger partial charge in [-0.15, -0.1) is 0 Å². The molecule has 1 N–H and O–H groups in total. The average Bonchev–Trinajstić information content (AvgIpc) is 2.96. The van der Waals surface area contributed by atoms with Gasteiger partial charge >= 0.3 is 12.1 Å². The fourth-order valence-electron chi connectivity index (χ4n) is 3.85. The predicted molar refractivity (Wildman–Crippen MR) is 154 cm³/mol. The molecule has 3 rings (SSSR count). The van der Waals surface area contributed by atoms with Gasteiger partial charge in [0.2, 0.25) is 0 Å². The molecule has 8 heteroatoms. The van der Waals surface area contributed by atoms with Crippen LogP contribution in [0.2, 0.25) is 0 Å². The summed E-state index contributed by atoms with van der Waals surface area (Å²) >= 11 is 1.85. The van der Waals surface area contributed by atoms with Gasteiger partial charge in [-0.3, -0.25) is 0 Å². The van der Waals surface area contributed by atoms with Crippen LogP contribution in [-0.2, 0) is 33.0 Å². The highest BCUT2D eigenvalue weighted by Gasteiger charge is 2.18. The van der Waals surface area contributed by atoms with Gasteiger partial charge in [-0.25, -0.2) is 9.59 Å². The molecule has 0 aliphatic carbocycles. The van der Waals surface area contributed by atoms with Crippen LogP contribution in [0.15, 0.2) is 84.9 Å². The number of rotatable bonds is 17. The number of amides is 1. The number of hydrogen-bond donors (Lipinski definition) is 1. The van der Waals surface area contributed by atoms with Crippen molar-refractivity contribution >= 4 is 23.8 Å². The van der Waals surface area contributed by atoms with E-state index in [1.165, 1.54) is 5.56 Å². The number of benzene rings is 3. The van der Waals surface area contributed by atoms with Gasteiger partial charge in [-0.1, -0.05) is 72.8 Å². The zero-order valence-electron chi connectivity index (χ0n) is 22.4. The maximum absolute atomic E-state index is 12.9. The molecule has 0 aromatic heterocycles. The van der Waals surface area contributed by atoms with E-state index in [1.54, 1.807) is 24.0 Å². The van der Waals surface area contributed by atoms with Crippen molar-refractivity contribution in [1.82, 2.24) is 4.90 Å². The molecule has 0 fully saturated rings. The molecule has 0 saturated heterocycles. The van der Waals surface area contributed by atoms with Crippen LogP contribution in [0, 0.1) is 0 Å². The molecule has 3 aromatic rings. The lowest BCUT2D eigenvalue weighted by Crippen LogP contribution is -2.36. The average molecular weight is 552 g/mol. The van der Waals surface area contributed by atoms with E-state index in [1.807, 2.05) is 72.4 Å². The van der Waals surface area contributed by atoms with Crippen LogP contribution in [0.3, 0.4) is 0 Å². The third-order valence-electron chi connectivity index (χ3n) is 5.91. The van der Waals surface area contributed by atoms with Crippen molar-refractivity contribution in [3.05, 3.63) is 102 Å². The lowest BCUT2D eigenvalue weighted by molar-refractivity contribution is -0.149. The highest BCUT2D eigenvalue weighted by Crippen LogP contribution is 2.16. The molecule has 0 spiro atoms. The van der Waals surface area contributed by atoms with Crippen LogP contribution in [0.5, 0.6) is 5.75 Å². The molecule has 39 heavy (non-hydrogen) atoms. The minimum atomic E-state index is -0.977. The zero-order valence-corrected chi connectivity index (χ0v) is 23.2. The van der Waals surface area contributed by atoms with E-state index in [-0.39, 0.29) is 19.1 Å². The first-order chi connectivity index (χ1) is 19.0. The summed E-state index contributed by atoms with van der Waals surface area (Å²) in [4.78, 5) is 25.9. The third kappa shape index (κ3) is 11.4. The normalized spacial score (nSPS) is 11.5. The SMILES string of the molecule is CCOC(Cc1ccc(OCCN(CCCSCc2ccccc2)C(=O)OCc2ccccc2)cc1)C(=O)O. The molecule has 0 aliphatic heterocycles. The highest BCUT2D eigenvalue weighted by molar-refractivity contribution is 7.98. The Labute approximate surface area is 235 Å². The summed E-state index contributed by atoms with van der Waals surface area (Å²) in [7, 11) is 0. The quantitative estimate of drug-likeness (QED) is 0.204. The lowest BCUT2D eigenvalue weighted by atomic mass is 10.1. The van der Waals surface area contributed by atoms with Crippen LogP contribution >= 0.6 is 11.8 Å². The monoisotopic (exact) mass is 551 g/mol. The van der Waals surface area contributed by atoms with E-state index in [4.69, 9.17) is 14.2 Å². The fraction of sp³-hybridized carbons (Fsp3) is 0.355. The Morgan fingerprint density at radius 2 is 1.54 bits per heavy atom. The molecular weight excluding hydrogens is 514 g/mol. The molecule has 0 aliphatic rings. The van der Waals surface area contributed by atoms with Gasteiger partial charge in [0, 0.05) is 25.3 Å². The minimum Gasteiger partial charge on any atom is -0.492 e. The molecule has 7 nitrogen and oxygen atoms in total. The van der Waals surface area contributed by atoms with Crippen LogP contribution < -0.4 is 4.74 Å². The van der Waals surface area contributed by atoms with Crippen molar-refractivity contribution in [2.24, 2.45) is 0 Å². The lowest BCUT2D eigenvalue weighted by Gasteiger charge is -2.22. The van der Waals surface area contributed by atoms with E-state index >= 15 is 0 Å². The number of hydrogen-bond acceptors (Lipinski definition) is 6. The van der Waals surface area contributed by atoms with E-state index in [0.29, 0.717) is 32.1 Å². The van der Waals surface area contributed by atoms with Gasteiger partial charge in [0.25, 0.3) is 0 Å². The minimum absolute atomic E-state index is 0.223. The summed E-state index contributed by atoms with van der Waals surface area (Å²) < 4.78 is 16.8. The first kappa shape index (κ1) is 30.1. The maximum atomic E-state index is 12.9. The van der Waals surface area contributed by atoms with Gasteiger partial charge in [0.15, 0.2) is 6.10 Å². The Hall–Kier alpha value is -3.49. The maximum Gasteiger partial charge on any atom is 0.410 e. The Kier molecular flexibility index (Phi) is 13.2. The third-order valence-corrected chi connectivity index (χ3v) is 7.02. The molecule has 208 valence electrons. The summed E-state index contributed by atoms with van der Waals surface area (Å²) in [6.45, 7) is 3.62. The number of aliphatic carboxylic acids is 1. The van der Waals surface area contributed by atoms with E-state index in [0.717, 1.165) is 29.1 Å². The molecule has 0 heterocycles. The molecule has 1 atom stereocenters. The first-order valence-corrected chi connectivity index (χ1v) is 14.3. The van der Waals surface area contributed by atoms with Crippen molar-refractivity contribution in [2.75, 3.05) is 32.1 Å².